The van der Waals surface area contributed by atoms with Crippen LogP contribution in [0.1, 0.15) is 23.7 Å². The van der Waals surface area contributed by atoms with Gasteiger partial charge < -0.3 is 19.4 Å². The first-order chi connectivity index (χ1) is 14.1. The summed E-state index contributed by atoms with van der Waals surface area (Å²) in [6.07, 6.45) is 4.19. The molecule has 0 aliphatic carbocycles. The SMILES string of the molecule is CCc1ccc(CCOc2ccc(C[C@H]3SC(=O)NC3=O)cc2)nc1.O=P(O)(O)O. The topological polar surface area (TPSA) is 146 Å². The van der Waals surface area contributed by atoms with Crippen LogP contribution in [0.2, 0.25) is 0 Å². The average molecular weight is 454 g/mol. The Balaban J connectivity index is 0.000000575. The second-order valence-electron chi connectivity index (χ2n) is 6.35. The van der Waals surface area contributed by atoms with E-state index in [-0.39, 0.29) is 16.4 Å². The van der Waals surface area contributed by atoms with Gasteiger partial charge in [-0.05, 0) is 42.2 Å². The number of aryl methyl sites for hydroxylation is 1. The number of hydrogen-bond acceptors (Lipinski definition) is 6. The van der Waals surface area contributed by atoms with E-state index in [4.69, 9.17) is 24.0 Å². The minimum Gasteiger partial charge on any atom is -0.493 e. The zero-order chi connectivity index (χ0) is 22.1. The molecule has 0 unspecified atom stereocenters. The van der Waals surface area contributed by atoms with Gasteiger partial charge in [-0.25, -0.2) is 4.57 Å². The van der Waals surface area contributed by atoms with Crippen LogP contribution in [0, 0.1) is 0 Å². The van der Waals surface area contributed by atoms with Crippen molar-refractivity contribution in [3.63, 3.8) is 0 Å². The number of thioether (sulfide) groups is 1. The molecule has 0 spiro atoms. The van der Waals surface area contributed by atoms with Crippen molar-refractivity contribution in [1.29, 1.82) is 0 Å². The van der Waals surface area contributed by atoms with Gasteiger partial charge in [0.25, 0.3) is 5.24 Å². The molecule has 0 bridgehead atoms. The van der Waals surface area contributed by atoms with Crippen molar-refractivity contribution in [2.75, 3.05) is 6.61 Å². The van der Waals surface area contributed by atoms with E-state index in [0.29, 0.717) is 13.0 Å². The Bertz CT molecular complexity index is 892. The summed E-state index contributed by atoms with van der Waals surface area (Å²) < 4.78 is 14.6. The Labute approximate surface area is 178 Å². The number of phosphoric acid groups is 1. The molecule has 0 radical (unpaired) electrons. The Hall–Kier alpha value is -2.23. The predicted molar refractivity (Wildman–Crippen MR) is 112 cm³/mol. The average Bonchev–Trinajstić information content (AvgIpc) is 2.99. The summed E-state index contributed by atoms with van der Waals surface area (Å²) in [6.45, 7) is 2.67. The number of ether oxygens (including phenoxy) is 1. The van der Waals surface area contributed by atoms with Crippen LogP contribution in [0.3, 0.4) is 0 Å². The van der Waals surface area contributed by atoms with Crippen molar-refractivity contribution >= 4 is 30.7 Å². The van der Waals surface area contributed by atoms with Crippen LogP contribution in [-0.2, 0) is 28.6 Å². The lowest BCUT2D eigenvalue weighted by molar-refractivity contribution is -0.118. The van der Waals surface area contributed by atoms with Crippen molar-refractivity contribution in [3.8, 4) is 5.75 Å². The smallest absolute Gasteiger partial charge is 0.466 e. The molecular formula is C19H23N2O7PS. The highest BCUT2D eigenvalue weighted by Crippen LogP contribution is 2.26. The lowest BCUT2D eigenvalue weighted by atomic mass is 10.1. The number of carbonyl (C=O) groups excluding carboxylic acids is 2. The molecule has 11 heteroatoms. The molecular weight excluding hydrogens is 431 g/mol. The quantitative estimate of drug-likeness (QED) is 0.463. The van der Waals surface area contributed by atoms with Crippen molar-refractivity contribution in [3.05, 3.63) is 59.4 Å². The van der Waals surface area contributed by atoms with Gasteiger partial charge in [0.05, 0.1) is 11.9 Å². The summed E-state index contributed by atoms with van der Waals surface area (Å²) in [7, 11) is -4.64. The molecule has 1 aromatic carbocycles. The van der Waals surface area contributed by atoms with Gasteiger partial charge in [0.15, 0.2) is 0 Å². The molecule has 4 N–H and O–H groups in total. The minimum absolute atomic E-state index is 0.211. The van der Waals surface area contributed by atoms with Gasteiger partial charge in [-0.3, -0.25) is 19.9 Å². The summed E-state index contributed by atoms with van der Waals surface area (Å²) in [5.74, 6) is 0.574. The van der Waals surface area contributed by atoms with E-state index in [9.17, 15) is 9.59 Å². The number of amides is 2. The summed E-state index contributed by atoms with van der Waals surface area (Å²) >= 11 is 1.05. The molecule has 2 amide bonds. The molecule has 1 aliphatic heterocycles. The maximum atomic E-state index is 11.6. The Morgan fingerprint density at radius 3 is 2.23 bits per heavy atom. The van der Waals surface area contributed by atoms with E-state index in [2.05, 4.69) is 23.3 Å². The van der Waals surface area contributed by atoms with Crippen molar-refractivity contribution in [2.45, 2.75) is 31.4 Å². The molecule has 1 aromatic heterocycles. The lowest BCUT2D eigenvalue weighted by Crippen LogP contribution is -2.25. The number of aromatic nitrogens is 1. The number of hydrogen-bond donors (Lipinski definition) is 4. The zero-order valence-corrected chi connectivity index (χ0v) is 17.9. The van der Waals surface area contributed by atoms with Gasteiger partial charge >= 0.3 is 7.82 Å². The molecule has 2 heterocycles. The third kappa shape index (κ3) is 9.06. The van der Waals surface area contributed by atoms with E-state index >= 15 is 0 Å². The first kappa shape index (κ1) is 24.0. The molecule has 1 aliphatic rings. The minimum atomic E-state index is -4.64. The fraction of sp³-hybridized carbons (Fsp3) is 0.316. The maximum Gasteiger partial charge on any atom is 0.466 e. The highest BCUT2D eigenvalue weighted by atomic mass is 32.2. The molecule has 162 valence electrons. The molecule has 1 saturated heterocycles. The standard InChI is InChI=1S/C19H20N2O3S.H3O4P/c1-2-13-3-6-15(20-12-13)9-10-24-16-7-4-14(5-8-16)11-17-18(22)21-19(23)25-17;1-5(2,3)4/h3-8,12,17H,2,9-11H2,1H3,(H,21,22,23);(H3,1,2,3,4)/t17-;/m1./s1. The number of carbonyl (C=O) groups is 2. The molecule has 1 fully saturated rings. The number of imide groups is 1. The molecule has 0 saturated carbocycles. The van der Waals surface area contributed by atoms with Crippen LogP contribution in [0.4, 0.5) is 4.79 Å². The van der Waals surface area contributed by atoms with Gasteiger partial charge in [0.2, 0.25) is 5.91 Å². The lowest BCUT2D eigenvalue weighted by Gasteiger charge is -2.09. The number of nitrogens with zero attached hydrogens (tertiary/aromatic N) is 1. The van der Waals surface area contributed by atoms with Crippen LogP contribution in [0.5, 0.6) is 5.75 Å². The van der Waals surface area contributed by atoms with E-state index in [1.165, 1.54) is 5.56 Å². The molecule has 9 nitrogen and oxygen atoms in total. The van der Waals surface area contributed by atoms with Crippen molar-refractivity contribution < 1.29 is 33.6 Å². The van der Waals surface area contributed by atoms with Crippen LogP contribution < -0.4 is 10.1 Å². The highest BCUT2D eigenvalue weighted by molar-refractivity contribution is 8.15. The summed E-state index contributed by atoms with van der Waals surface area (Å²) in [6, 6.07) is 11.8. The maximum absolute atomic E-state index is 11.6. The van der Waals surface area contributed by atoms with E-state index in [0.717, 1.165) is 41.6 Å². The molecule has 1 atom stereocenters. The van der Waals surface area contributed by atoms with Gasteiger partial charge in [-0.1, -0.05) is 36.9 Å². The largest absolute Gasteiger partial charge is 0.493 e. The van der Waals surface area contributed by atoms with E-state index < -0.39 is 7.82 Å². The Morgan fingerprint density at radius 2 is 1.73 bits per heavy atom. The first-order valence-corrected chi connectivity index (χ1v) is 11.5. The molecule has 2 aromatic rings. The fourth-order valence-electron chi connectivity index (χ4n) is 2.55. The first-order valence-electron chi connectivity index (χ1n) is 9.09. The van der Waals surface area contributed by atoms with Gasteiger partial charge in [0, 0.05) is 18.3 Å². The predicted octanol–water partition coefficient (Wildman–Crippen LogP) is 2.23. The van der Waals surface area contributed by atoms with E-state index in [1.807, 2.05) is 36.5 Å². The number of rotatable bonds is 7. The number of nitrogens with one attached hydrogen (secondary N) is 1. The summed E-state index contributed by atoms with van der Waals surface area (Å²) in [5, 5.41) is 1.70. The van der Waals surface area contributed by atoms with Crippen LogP contribution in [-0.4, -0.2) is 42.7 Å². The van der Waals surface area contributed by atoms with Crippen molar-refractivity contribution in [2.24, 2.45) is 0 Å². The summed E-state index contributed by atoms with van der Waals surface area (Å²) in [5.41, 5.74) is 3.25. The van der Waals surface area contributed by atoms with E-state index in [1.54, 1.807) is 0 Å². The van der Waals surface area contributed by atoms with Crippen LogP contribution >= 0.6 is 19.6 Å². The highest BCUT2D eigenvalue weighted by Gasteiger charge is 2.31. The zero-order valence-electron chi connectivity index (χ0n) is 16.2. The second-order valence-corrected chi connectivity index (χ2v) is 8.56. The number of benzene rings is 1. The monoisotopic (exact) mass is 454 g/mol. The fourth-order valence-corrected chi connectivity index (χ4v) is 3.41. The Morgan fingerprint density at radius 1 is 1.10 bits per heavy atom. The Kier molecular flexibility index (Phi) is 9.01. The van der Waals surface area contributed by atoms with Gasteiger partial charge in [-0.2, -0.15) is 0 Å². The molecule has 30 heavy (non-hydrogen) atoms. The van der Waals surface area contributed by atoms with Crippen LogP contribution in [0.15, 0.2) is 42.6 Å². The second kappa shape index (κ2) is 11.2. The summed E-state index contributed by atoms with van der Waals surface area (Å²) in [4.78, 5) is 48.8. The third-order valence-electron chi connectivity index (χ3n) is 4.03. The normalized spacial score (nSPS) is 15.9. The number of pyridine rings is 1. The van der Waals surface area contributed by atoms with Gasteiger partial charge in [-0.15, -0.1) is 0 Å². The third-order valence-corrected chi connectivity index (χ3v) is 5.01. The van der Waals surface area contributed by atoms with Crippen LogP contribution in [0.25, 0.3) is 0 Å². The molecule has 3 rings (SSSR count). The van der Waals surface area contributed by atoms with Gasteiger partial charge in [0.1, 0.15) is 5.75 Å². The van der Waals surface area contributed by atoms with Crippen molar-refractivity contribution in [1.82, 2.24) is 10.3 Å².